The maximum atomic E-state index is 5.97. The van der Waals surface area contributed by atoms with Crippen molar-refractivity contribution in [3.63, 3.8) is 0 Å². The van der Waals surface area contributed by atoms with Gasteiger partial charge in [0.05, 0.1) is 22.4 Å². The van der Waals surface area contributed by atoms with E-state index in [0.717, 1.165) is 11.1 Å². The molecule has 4 heteroatoms. The Bertz CT molecular complexity index is 468. The van der Waals surface area contributed by atoms with Crippen LogP contribution in [0.15, 0.2) is 18.5 Å². The van der Waals surface area contributed by atoms with Gasteiger partial charge in [0.25, 0.3) is 0 Å². The first-order chi connectivity index (χ1) is 6.20. The van der Waals surface area contributed by atoms with Crippen LogP contribution in [0.5, 0.6) is 0 Å². The highest BCUT2D eigenvalue weighted by Gasteiger charge is 2.06. The summed E-state index contributed by atoms with van der Waals surface area (Å²) in [4.78, 5) is 8.30. The monoisotopic (exact) mass is 193 g/mol. The van der Waals surface area contributed by atoms with Crippen LogP contribution < -0.4 is 5.73 Å². The molecule has 2 rings (SSSR count). The zero-order valence-corrected chi connectivity index (χ0v) is 7.84. The van der Waals surface area contributed by atoms with E-state index in [4.69, 9.17) is 17.3 Å². The van der Waals surface area contributed by atoms with Crippen molar-refractivity contribution >= 4 is 28.3 Å². The number of pyridine rings is 2. The third-order valence-electron chi connectivity index (χ3n) is 1.92. The predicted octanol–water partition coefficient (Wildman–Crippen LogP) is 2.17. The Hall–Kier alpha value is -1.35. The third-order valence-corrected chi connectivity index (χ3v) is 2.32. The van der Waals surface area contributed by atoms with E-state index in [1.165, 1.54) is 0 Å². The van der Waals surface area contributed by atoms with Gasteiger partial charge in [-0.15, -0.1) is 0 Å². The van der Waals surface area contributed by atoms with Crippen LogP contribution in [0.1, 0.15) is 5.56 Å². The average Bonchev–Trinajstić information content (AvgIpc) is 2.12. The highest BCUT2D eigenvalue weighted by molar-refractivity contribution is 6.37. The summed E-state index contributed by atoms with van der Waals surface area (Å²) in [6.07, 6.45) is 3.25. The van der Waals surface area contributed by atoms with Crippen LogP contribution in [0.25, 0.3) is 11.0 Å². The summed E-state index contributed by atoms with van der Waals surface area (Å²) < 4.78 is 0. The van der Waals surface area contributed by atoms with Gasteiger partial charge < -0.3 is 5.73 Å². The summed E-state index contributed by atoms with van der Waals surface area (Å²) in [6.45, 7) is 1.96. The van der Waals surface area contributed by atoms with Gasteiger partial charge >= 0.3 is 0 Å². The Labute approximate surface area is 80.6 Å². The molecule has 2 heterocycles. The molecule has 0 amide bonds. The van der Waals surface area contributed by atoms with Crippen LogP contribution >= 0.6 is 11.6 Å². The highest BCUT2D eigenvalue weighted by Crippen LogP contribution is 2.26. The van der Waals surface area contributed by atoms with Crippen molar-refractivity contribution < 1.29 is 0 Å². The molecule has 2 N–H and O–H groups in total. The summed E-state index contributed by atoms with van der Waals surface area (Å²) >= 11 is 5.97. The molecule has 0 aromatic carbocycles. The van der Waals surface area contributed by atoms with E-state index in [1.54, 1.807) is 12.4 Å². The zero-order chi connectivity index (χ0) is 9.42. The van der Waals surface area contributed by atoms with Crippen LogP contribution in [0.4, 0.5) is 5.69 Å². The van der Waals surface area contributed by atoms with Crippen LogP contribution in [-0.4, -0.2) is 9.97 Å². The molecule has 0 spiro atoms. The first kappa shape index (κ1) is 8.26. The van der Waals surface area contributed by atoms with Crippen LogP contribution in [0, 0.1) is 6.92 Å². The number of aromatic nitrogens is 2. The molecule has 0 aliphatic carbocycles. The quantitative estimate of drug-likeness (QED) is 0.698. The van der Waals surface area contributed by atoms with Crippen molar-refractivity contribution in [2.24, 2.45) is 0 Å². The van der Waals surface area contributed by atoms with Crippen molar-refractivity contribution in [2.45, 2.75) is 6.92 Å². The Morgan fingerprint density at radius 3 is 2.85 bits per heavy atom. The van der Waals surface area contributed by atoms with E-state index >= 15 is 0 Å². The smallest absolute Gasteiger partial charge is 0.110 e. The van der Waals surface area contributed by atoms with Crippen LogP contribution in [0.3, 0.4) is 0 Å². The fourth-order valence-electron chi connectivity index (χ4n) is 1.20. The molecule has 0 atom stereocenters. The van der Waals surface area contributed by atoms with E-state index < -0.39 is 0 Å². The fourth-order valence-corrected chi connectivity index (χ4v) is 1.39. The van der Waals surface area contributed by atoms with E-state index in [9.17, 15) is 0 Å². The molecule has 13 heavy (non-hydrogen) atoms. The van der Waals surface area contributed by atoms with Crippen molar-refractivity contribution in [3.8, 4) is 0 Å². The van der Waals surface area contributed by atoms with Crippen LogP contribution in [0.2, 0.25) is 5.02 Å². The second-order valence-corrected chi connectivity index (χ2v) is 3.23. The number of nitrogens with two attached hydrogens (primary N) is 1. The molecule has 2 aromatic rings. The van der Waals surface area contributed by atoms with Gasteiger partial charge in [0.1, 0.15) is 5.52 Å². The standard InChI is InChI=1S/C9H8ClN3/c1-5-2-3-12-9-7(10)6(11)4-13-8(5)9/h2-4H,11H2,1H3. The number of hydrogen-bond acceptors (Lipinski definition) is 3. The van der Waals surface area contributed by atoms with Gasteiger partial charge in [-0.2, -0.15) is 0 Å². The lowest BCUT2D eigenvalue weighted by Gasteiger charge is -2.03. The topological polar surface area (TPSA) is 51.8 Å². The Morgan fingerprint density at radius 1 is 1.31 bits per heavy atom. The lowest BCUT2D eigenvalue weighted by molar-refractivity contribution is 1.30. The van der Waals surface area contributed by atoms with Gasteiger partial charge in [0.2, 0.25) is 0 Å². The van der Waals surface area contributed by atoms with Crippen molar-refractivity contribution in [1.82, 2.24) is 9.97 Å². The fraction of sp³-hybridized carbons (Fsp3) is 0.111. The number of nitrogen functional groups attached to an aromatic ring is 1. The molecule has 0 bridgehead atoms. The lowest BCUT2D eigenvalue weighted by atomic mass is 10.2. The van der Waals surface area contributed by atoms with Crippen molar-refractivity contribution in [2.75, 3.05) is 5.73 Å². The predicted molar refractivity (Wildman–Crippen MR) is 53.7 cm³/mol. The van der Waals surface area contributed by atoms with Crippen molar-refractivity contribution in [1.29, 1.82) is 0 Å². The largest absolute Gasteiger partial charge is 0.396 e. The van der Waals surface area contributed by atoms with Gasteiger partial charge in [0.15, 0.2) is 0 Å². The minimum absolute atomic E-state index is 0.465. The second kappa shape index (κ2) is 2.85. The summed E-state index contributed by atoms with van der Waals surface area (Å²) in [5, 5.41) is 0.480. The first-order valence-corrected chi connectivity index (χ1v) is 4.23. The molecular weight excluding hydrogens is 186 g/mol. The number of anilines is 1. The molecule has 0 aliphatic rings. The number of hydrogen-bond donors (Lipinski definition) is 1. The Morgan fingerprint density at radius 2 is 2.08 bits per heavy atom. The number of nitrogens with zero attached hydrogens (tertiary/aromatic N) is 2. The molecule has 0 unspecified atom stereocenters. The second-order valence-electron chi connectivity index (χ2n) is 2.85. The molecule has 3 nitrogen and oxygen atoms in total. The average molecular weight is 194 g/mol. The molecule has 66 valence electrons. The number of halogens is 1. The first-order valence-electron chi connectivity index (χ1n) is 3.85. The van der Waals surface area contributed by atoms with Gasteiger partial charge in [-0.3, -0.25) is 9.97 Å². The van der Waals surface area contributed by atoms with E-state index in [2.05, 4.69) is 9.97 Å². The van der Waals surface area contributed by atoms with Gasteiger partial charge in [0, 0.05) is 6.20 Å². The maximum Gasteiger partial charge on any atom is 0.110 e. The van der Waals surface area contributed by atoms with Gasteiger partial charge in [-0.25, -0.2) is 0 Å². The van der Waals surface area contributed by atoms with E-state index in [1.807, 2.05) is 13.0 Å². The Kier molecular flexibility index (Phi) is 1.81. The number of fused-ring (bicyclic) bond motifs is 1. The molecule has 2 aromatic heterocycles. The minimum atomic E-state index is 0.465. The van der Waals surface area contributed by atoms with Crippen molar-refractivity contribution in [3.05, 3.63) is 29.0 Å². The third kappa shape index (κ3) is 1.21. The summed E-state index contributed by atoms with van der Waals surface area (Å²) in [5.41, 5.74) is 8.59. The normalized spacial score (nSPS) is 10.6. The Balaban J connectivity index is 2.94. The summed E-state index contributed by atoms with van der Waals surface area (Å²) in [6, 6.07) is 1.89. The molecule has 0 saturated carbocycles. The molecule has 0 radical (unpaired) electrons. The van der Waals surface area contributed by atoms with E-state index in [0.29, 0.717) is 16.2 Å². The number of rotatable bonds is 0. The SMILES string of the molecule is Cc1ccnc2c(Cl)c(N)cnc12. The maximum absolute atomic E-state index is 5.97. The lowest BCUT2D eigenvalue weighted by Crippen LogP contribution is -1.93. The molecule has 0 aliphatic heterocycles. The van der Waals surface area contributed by atoms with Gasteiger partial charge in [-0.1, -0.05) is 11.6 Å². The van der Waals surface area contributed by atoms with E-state index in [-0.39, 0.29) is 0 Å². The summed E-state index contributed by atoms with van der Waals surface area (Å²) in [5.74, 6) is 0. The highest BCUT2D eigenvalue weighted by atomic mass is 35.5. The van der Waals surface area contributed by atoms with Gasteiger partial charge in [-0.05, 0) is 18.6 Å². The number of aryl methyl sites for hydroxylation is 1. The minimum Gasteiger partial charge on any atom is -0.396 e. The zero-order valence-electron chi connectivity index (χ0n) is 7.08. The molecular formula is C9H8ClN3. The molecule has 0 fully saturated rings. The molecule has 0 saturated heterocycles. The van der Waals surface area contributed by atoms with Crippen LogP contribution in [-0.2, 0) is 0 Å². The summed E-state index contributed by atoms with van der Waals surface area (Å²) in [7, 11) is 0.